The van der Waals surface area contributed by atoms with Gasteiger partial charge in [0.15, 0.2) is 0 Å². The van der Waals surface area contributed by atoms with E-state index in [1.165, 1.54) is 12.1 Å². The molecule has 0 fully saturated rings. The van der Waals surface area contributed by atoms with Crippen LogP contribution in [0.1, 0.15) is 11.1 Å². The summed E-state index contributed by atoms with van der Waals surface area (Å²) in [6, 6.07) is 5.07. The first-order valence-electron chi connectivity index (χ1n) is 4.21. The van der Waals surface area contributed by atoms with Crippen molar-refractivity contribution >= 4 is 4.50 Å². The quantitative estimate of drug-likeness (QED) is 0.781. The molecule has 0 N–H and O–H groups in total. The molecule has 1 nitrogen and oxygen atoms in total. The van der Waals surface area contributed by atoms with Gasteiger partial charge in [-0.05, 0) is 0 Å². The molecule has 15 heavy (non-hydrogen) atoms. The number of hydrogen-bond acceptors (Lipinski definition) is 1. The van der Waals surface area contributed by atoms with Gasteiger partial charge in [-0.3, -0.25) is 0 Å². The van der Waals surface area contributed by atoms with E-state index in [0.29, 0.717) is 0 Å². The predicted molar refractivity (Wildman–Crippen MR) is 49.2 cm³/mol. The van der Waals surface area contributed by atoms with Gasteiger partial charge < -0.3 is 0 Å². The van der Waals surface area contributed by atoms with Gasteiger partial charge in [0.2, 0.25) is 0 Å². The summed E-state index contributed by atoms with van der Waals surface area (Å²) in [5.74, 6) is 0. The van der Waals surface area contributed by atoms with Crippen LogP contribution in [0.25, 0.3) is 0 Å². The molecule has 0 aliphatic heterocycles. The van der Waals surface area contributed by atoms with Gasteiger partial charge in [0.1, 0.15) is 0 Å². The molecule has 1 aromatic carbocycles. The van der Waals surface area contributed by atoms with Gasteiger partial charge in [-0.1, -0.05) is 0 Å². The Kier molecular flexibility index (Phi) is 3.72. The van der Waals surface area contributed by atoms with Crippen LogP contribution in [0.3, 0.4) is 0 Å². The fraction of sp³-hybridized carbons (Fsp3) is 0.300. The monoisotopic (exact) mass is 253 g/mol. The topological polar surface area (TPSA) is 3.24 Å². The molecule has 0 saturated heterocycles. The Bertz CT molecular complexity index is 354. The third-order valence-electron chi connectivity index (χ3n) is 1.87. The second-order valence-corrected chi connectivity index (χ2v) is 3.88. The van der Waals surface area contributed by atoms with Gasteiger partial charge in [0, 0.05) is 0 Å². The van der Waals surface area contributed by atoms with E-state index in [1.807, 2.05) is 19.0 Å². The van der Waals surface area contributed by atoms with Crippen LogP contribution in [-0.4, -0.2) is 23.5 Å². The summed E-state index contributed by atoms with van der Waals surface area (Å²) in [4.78, 5) is 1.81. The van der Waals surface area contributed by atoms with Crippen molar-refractivity contribution in [3.05, 3.63) is 35.4 Å². The van der Waals surface area contributed by atoms with Gasteiger partial charge in [0.25, 0.3) is 0 Å². The Balaban J connectivity index is 2.96. The molecule has 0 unspecified atom stereocenters. The Morgan fingerprint density at radius 1 is 1.13 bits per heavy atom. The Labute approximate surface area is 94.5 Å². The molecule has 0 bridgehead atoms. The molecule has 5 heteroatoms. The van der Waals surface area contributed by atoms with E-state index in [-0.39, 0.29) is 0 Å². The van der Waals surface area contributed by atoms with Crippen LogP contribution in [0.2, 0.25) is 0 Å². The summed E-state index contributed by atoms with van der Waals surface area (Å²) < 4.78 is 37.6. The van der Waals surface area contributed by atoms with Gasteiger partial charge in [-0.25, -0.2) is 0 Å². The van der Waals surface area contributed by atoms with E-state index in [1.54, 1.807) is 0 Å². The second kappa shape index (κ2) is 4.48. The van der Waals surface area contributed by atoms with Crippen LogP contribution in [0.15, 0.2) is 24.3 Å². The maximum absolute atomic E-state index is 12.3. The van der Waals surface area contributed by atoms with Crippen molar-refractivity contribution in [2.45, 2.75) is 6.18 Å². The zero-order valence-electron chi connectivity index (χ0n) is 8.30. The molecule has 0 aliphatic rings. The van der Waals surface area contributed by atoms with Crippen molar-refractivity contribution in [2.24, 2.45) is 0 Å². The summed E-state index contributed by atoms with van der Waals surface area (Å²) in [5, 5.41) is 0. The normalized spacial score (nSPS) is 11.9. The van der Waals surface area contributed by atoms with Crippen LogP contribution in [-0.2, 0) is 22.0 Å². The van der Waals surface area contributed by atoms with E-state index in [0.717, 1.165) is 22.2 Å². The number of benzene rings is 1. The van der Waals surface area contributed by atoms with Gasteiger partial charge in [0.05, 0.1) is 0 Å². The first kappa shape index (κ1) is 12.4. The first-order valence-corrected chi connectivity index (χ1v) is 4.85. The Hall–Kier alpha value is -0.628. The molecule has 0 aromatic heterocycles. The molecular formula is C10H10CrF3N. The van der Waals surface area contributed by atoms with Crippen molar-refractivity contribution in [1.29, 1.82) is 0 Å². The maximum atomic E-state index is 12.3. The number of nitrogens with zero attached hydrogens (tertiary/aromatic N) is 1. The van der Waals surface area contributed by atoms with E-state index in [9.17, 15) is 13.2 Å². The zero-order valence-corrected chi connectivity index (χ0v) is 9.57. The van der Waals surface area contributed by atoms with E-state index >= 15 is 0 Å². The molecular weight excluding hydrogens is 243 g/mol. The predicted octanol–water partition coefficient (Wildman–Crippen LogP) is 2.29. The first-order chi connectivity index (χ1) is 6.82. The van der Waals surface area contributed by atoms with Crippen molar-refractivity contribution in [3.63, 3.8) is 0 Å². The van der Waals surface area contributed by atoms with Crippen LogP contribution in [0, 0.1) is 0 Å². The molecule has 1 aromatic rings. The summed E-state index contributed by atoms with van der Waals surface area (Å²) >= 11 is 2.81. The number of rotatable bonds is 2. The summed E-state index contributed by atoms with van der Waals surface area (Å²) in [6.07, 6.45) is -4.27. The molecule has 0 amide bonds. The van der Waals surface area contributed by atoms with Gasteiger partial charge in [-0.2, -0.15) is 0 Å². The van der Waals surface area contributed by atoms with Crippen molar-refractivity contribution in [2.75, 3.05) is 14.1 Å². The fourth-order valence-corrected chi connectivity index (χ4v) is 1.27. The van der Waals surface area contributed by atoms with Gasteiger partial charge in [-0.15, -0.1) is 0 Å². The molecule has 82 valence electrons. The SMILES string of the molecule is CN(C)[C](=[Cr])c1ccc(C(F)(F)F)cc1. The fourth-order valence-electron chi connectivity index (χ4n) is 1.06. The number of alkyl halides is 3. The summed E-state index contributed by atoms with van der Waals surface area (Å²) in [6.45, 7) is 0. The molecule has 0 atom stereocenters. The van der Waals surface area contributed by atoms with E-state index in [4.69, 9.17) is 0 Å². The Morgan fingerprint density at radius 3 is 1.93 bits per heavy atom. The average Bonchev–Trinajstić information content (AvgIpc) is 2.15. The van der Waals surface area contributed by atoms with Crippen LogP contribution < -0.4 is 0 Å². The van der Waals surface area contributed by atoms with Crippen molar-refractivity contribution < 1.29 is 29.0 Å². The molecule has 0 spiro atoms. The molecule has 1 rings (SSSR count). The van der Waals surface area contributed by atoms with Gasteiger partial charge >= 0.3 is 94.1 Å². The van der Waals surface area contributed by atoms with E-state index < -0.39 is 11.7 Å². The third kappa shape index (κ3) is 3.17. The van der Waals surface area contributed by atoms with Crippen LogP contribution >= 0.6 is 0 Å². The summed E-state index contributed by atoms with van der Waals surface area (Å²) in [5.41, 5.74) is 0.116. The Morgan fingerprint density at radius 2 is 1.60 bits per heavy atom. The molecule has 0 aliphatic carbocycles. The van der Waals surface area contributed by atoms with Crippen molar-refractivity contribution in [1.82, 2.24) is 4.90 Å². The zero-order chi connectivity index (χ0) is 11.6. The minimum atomic E-state index is -4.27. The van der Waals surface area contributed by atoms with Crippen LogP contribution in [0.5, 0.6) is 0 Å². The second-order valence-electron chi connectivity index (χ2n) is 3.27. The van der Waals surface area contributed by atoms with Crippen molar-refractivity contribution in [3.8, 4) is 0 Å². The standard InChI is InChI=1S/C10H10F3N.Cr/c1-14(2)7-8-3-5-9(6-4-8)10(11,12)13;/h3-6H,1-2H3;. The average molecular weight is 253 g/mol. The number of halogens is 3. The minimum absolute atomic E-state index is 0.627. The summed E-state index contributed by atoms with van der Waals surface area (Å²) in [7, 11) is 3.65. The third-order valence-corrected chi connectivity index (χ3v) is 2.80. The van der Waals surface area contributed by atoms with Crippen LogP contribution in [0.4, 0.5) is 13.2 Å². The molecule has 0 radical (unpaired) electrons. The van der Waals surface area contributed by atoms with E-state index in [2.05, 4.69) is 15.9 Å². The molecule has 0 saturated carbocycles. The molecule has 0 heterocycles. The number of hydrogen-bond donors (Lipinski definition) is 0.